The molecule has 2 saturated heterocycles. The molecule has 0 radical (unpaired) electrons. The number of rotatable bonds is 9. The summed E-state index contributed by atoms with van der Waals surface area (Å²) in [6.45, 7) is 11.2. The quantitative estimate of drug-likeness (QED) is 0.370. The second-order valence-electron chi connectivity index (χ2n) is 10.9. The molecule has 1 aromatic heterocycles. The number of nitrogens with one attached hydrogen (secondary N) is 1. The van der Waals surface area contributed by atoms with E-state index in [1.165, 1.54) is 6.07 Å². The van der Waals surface area contributed by atoms with Crippen LogP contribution in [0.4, 0.5) is 4.39 Å². The Bertz CT molecular complexity index is 1040. The van der Waals surface area contributed by atoms with E-state index < -0.39 is 13.6 Å². The number of carbonyl (C=O) groups excluding carboxylic acids is 1. The first-order chi connectivity index (χ1) is 16.7. The van der Waals surface area contributed by atoms with Gasteiger partial charge in [0.05, 0.1) is 23.9 Å². The molecule has 8 heteroatoms. The second-order valence-corrected chi connectivity index (χ2v) is 16.5. The number of likely N-dealkylation sites (tertiary alicyclic amines) is 1. The highest BCUT2D eigenvalue weighted by molar-refractivity contribution is 6.76. The van der Waals surface area contributed by atoms with Crippen molar-refractivity contribution >= 4 is 14.0 Å². The summed E-state index contributed by atoms with van der Waals surface area (Å²) in [5.74, 6) is 0.472. The summed E-state index contributed by atoms with van der Waals surface area (Å²) in [7, 11) is -1.16. The Kier molecular flexibility index (Phi) is 7.93. The molecule has 2 aromatic rings. The first-order valence-electron chi connectivity index (χ1n) is 12.7. The van der Waals surface area contributed by atoms with Crippen LogP contribution >= 0.6 is 0 Å². The van der Waals surface area contributed by atoms with Gasteiger partial charge in [-0.15, -0.1) is 0 Å². The molecule has 6 nitrogen and oxygen atoms in total. The van der Waals surface area contributed by atoms with Gasteiger partial charge >= 0.3 is 0 Å². The molecule has 1 amide bonds. The largest absolute Gasteiger partial charge is 0.494 e. The fraction of sp³-hybridized carbons (Fsp3) is 0.556. The number of piperidine rings is 1. The third-order valence-electron chi connectivity index (χ3n) is 6.98. The zero-order chi connectivity index (χ0) is 25.1. The Morgan fingerprint density at radius 2 is 2.06 bits per heavy atom. The van der Waals surface area contributed by atoms with Crippen molar-refractivity contribution < 1.29 is 18.7 Å². The highest BCUT2D eigenvalue weighted by atomic mass is 28.3. The van der Waals surface area contributed by atoms with Crippen LogP contribution < -0.4 is 10.1 Å². The predicted octanol–water partition coefficient (Wildman–Crippen LogP) is 5.38. The minimum atomic E-state index is -1.16. The maximum absolute atomic E-state index is 14.6. The molecule has 0 bridgehead atoms. The molecular formula is C27H38FN3O3Si. The van der Waals surface area contributed by atoms with E-state index in [0.717, 1.165) is 49.5 Å². The van der Waals surface area contributed by atoms with E-state index in [4.69, 9.17) is 9.47 Å². The van der Waals surface area contributed by atoms with E-state index in [-0.39, 0.29) is 17.8 Å². The van der Waals surface area contributed by atoms with Crippen molar-refractivity contribution in [2.75, 3.05) is 26.5 Å². The molecule has 2 aliphatic rings. The van der Waals surface area contributed by atoms with Gasteiger partial charge in [-0.1, -0.05) is 19.6 Å². The van der Waals surface area contributed by atoms with Gasteiger partial charge in [0.1, 0.15) is 18.3 Å². The predicted molar refractivity (Wildman–Crippen MR) is 139 cm³/mol. The van der Waals surface area contributed by atoms with E-state index >= 15 is 0 Å². The van der Waals surface area contributed by atoms with Crippen molar-refractivity contribution in [1.29, 1.82) is 0 Å². The average Bonchev–Trinajstić information content (AvgIpc) is 3.25. The summed E-state index contributed by atoms with van der Waals surface area (Å²) < 4.78 is 26.1. The van der Waals surface area contributed by atoms with Gasteiger partial charge in [0.25, 0.3) is 0 Å². The number of carbonyl (C=O) groups is 1. The van der Waals surface area contributed by atoms with Crippen LogP contribution in [0.15, 0.2) is 36.5 Å². The van der Waals surface area contributed by atoms with E-state index in [1.807, 2.05) is 24.0 Å². The van der Waals surface area contributed by atoms with Gasteiger partial charge in [0, 0.05) is 33.0 Å². The van der Waals surface area contributed by atoms with Gasteiger partial charge in [-0.25, -0.2) is 4.39 Å². The van der Waals surface area contributed by atoms with Gasteiger partial charge in [0.15, 0.2) is 0 Å². The lowest BCUT2D eigenvalue weighted by Crippen LogP contribution is -2.59. The van der Waals surface area contributed by atoms with Gasteiger partial charge in [-0.2, -0.15) is 0 Å². The number of halogens is 1. The standard InChI is InChI=1S/C27H38FN3O3Si/c1-5-34-21-7-8-23(28)22(18-21)20-10-13-29-25(17-20)24-9-12-27(30-24)11-6-14-31(26(27)32)19-33-15-16-35(2,3)4/h7-8,10,13,17-18,24,30H,5-6,9,11-12,14-16,19H2,1-4H3/t24-,27+/m1/s1. The Hall–Kier alpha value is -2.29. The number of amides is 1. The van der Waals surface area contributed by atoms with E-state index in [9.17, 15) is 9.18 Å². The molecule has 35 heavy (non-hydrogen) atoms. The normalized spacial score (nSPS) is 22.7. The van der Waals surface area contributed by atoms with Crippen LogP contribution in [0.2, 0.25) is 25.7 Å². The van der Waals surface area contributed by atoms with Crippen molar-refractivity contribution in [3.05, 3.63) is 48.0 Å². The average molecular weight is 500 g/mol. The summed E-state index contributed by atoms with van der Waals surface area (Å²) in [5.41, 5.74) is 1.51. The number of pyridine rings is 1. The number of hydrogen-bond acceptors (Lipinski definition) is 5. The minimum absolute atomic E-state index is 0.0511. The SMILES string of the molecule is CCOc1ccc(F)c(-c2ccnc([C@H]3CC[C@]4(CCCN(COCC[Si](C)(C)C)C4=O)N3)c2)c1. The molecule has 0 saturated carbocycles. The number of nitrogens with zero attached hydrogens (tertiary/aromatic N) is 2. The summed E-state index contributed by atoms with van der Waals surface area (Å²) in [5, 5.41) is 3.62. The minimum Gasteiger partial charge on any atom is -0.494 e. The van der Waals surface area contributed by atoms with Gasteiger partial charge < -0.3 is 14.4 Å². The number of benzene rings is 1. The lowest BCUT2D eigenvalue weighted by molar-refractivity contribution is -0.147. The van der Waals surface area contributed by atoms with Crippen LogP contribution in [0.25, 0.3) is 11.1 Å². The lowest BCUT2D eigenvalue weighted by Gasteiger charge is -2.39. The van der Waals surface area contributed by atoms with Crippen molar-refractivity contribution in [2.24, 2.45) is 0 Å². The highest BCUT2D eigenvalue weighted by Gasteiger charge is 2.49. The zero-order valence-corrected chi connectivity index (χ0v) is 22.4. The molecule has 1 aromatic carbocycles. The summed E-state index contributed by atoms with van der Waals surface area (Å²) in [6, 6.07) is 9.59. The first kappa shape index (κ1) is 25.8. The van der Waals surface area contributed by atoms with E-state index in [2.05, 4.69) is 29.9 Å². The number of ether oxygens (including phenoxy) is 2. The Balaban J connectivity index is 1.45. The summed E-state index contributed by atoms with van der Waals surface area (Å²) in [6.07, 6.45) is 5.06. The Labute approximate surface area is 209 Å². The zero-order valence-electron chi connectivity index (χ0n) is 21.4. The fourth-order valence-corrected chi connectivity index (χ4v) is 5.76. The van der Waals surface area contributed by atoms with Gasteiger partial charge in [-0.05, 0) is 74.5 Å². The Morgan fingerprint density at radius 1 is 1.23 bits per heavy atom. The molecule has 4 rings (SSSR count). The number of aromatic nitrogens is 1. The molecule has 2 atom stereocenters. The van der Waals surface area contributed by atoms with Crippen molar-refractivity contribution in [3.63, 3.8) is 0 Å². The van der Waals surface area contributed by atoms with Crippen LogP contribution in [-0.4, -0.2) is 55.9 Å². The van der Waals surface area contributed by atoms with Crippen LogP contribution in [0.5, 0.6) is 5.75 Å². The fourth-order valence-electron chi connectivity index (χ4n) is 5.00. The van der Waals surface area contributed by atoms with E-state index in [1.54, 1.807) is 18.3 Å². The van der Waals surface area contributed by atoms with Crippen molar-refractivity contribution in [2.45, 2.75) is 69.9 Å². The Morgan fingerprint density at radius 3 is 2.83 bits per heavy atom. The highest BCUT2D eigenvalue weighted by Crippen LogP contribution is 2.39. The van der Waals surface area contributed by atoms with Gasteiger partial charge in [0.2, 0.25) is 5.91 Å². The molecule has 0 aliphatic carbocycles. The maximum Gasteiger partial charge on any atom is 0.244 e. The molecule has 190 valence electrons. The molecule has 2 fully saturated rings. The van der Waals surface area contributed by atoms with E-state index in [0.29, 0.717) is 31.3 Å². The summed E-state index contributed by atoms with van der Waals surface area (Å²) in [4.78, 5) is 19.9. The maximum atomic E-state index is 14.6. The molecule has 1 spiro atoms. The summed E-state index contributed by atoms with van der Waals surface area (Å²) >= 11 is 0. The lowest BCUT2D eigenvalue weighted by atomic mass is 9.87. The van der Waals surface area contributed by atoms with Crippen LogP contribution in [0.3, 0.4) is 0 Å². The van der Waals surface area contributed by atoms with Crippen LogP contribution in [0.1, 0.15) is 44.3 Å². The molecule has 1 N–H and O–H groups in total. The van der Waals surface area contributed by atoms with Crippen molar-refractivity contribution in [3.8, 4) is 16.9 Å². The van der Waals surface area contributed by atoms with Crippen LogP contribution in [-0.2, 0) is 9.53 Å². The number of hydrogen-bond donors (Lipinski definition) is 1. The van der Waals surface area contributed by atoms with Crippen LogP contribution in [0, 0.1) is 5.82 Å². The third kappa shape index (κ3) is 6.10. The smallest absolute Gasteiger partial charge is 0.244 e. The molecule has 3 heterocycles. The molecule has 0 unspecified atom stereocenters. The third-order valence-corrected chi connectivity index (χ3v) is 8.68. The first-order valence-corrected chi connectivity index (χ1v) is 16.4. The monoisotopic (exact) mass is 499 g/mol. The molecule has 2 aliphatic heterocycles. The molecular weight excluding hydrogens is 461 g/mol. The van der Waals surface area contributed by atoms with Crippen molar-refractivity contribution in [1.82, 2.24) is 15.2 Å². The second kappa shape index (κ2) is 10.8. The topological polar surface area (TPSA) is 63.7 Å². The van der Waals surface area contributed by atoms with Gasteiger partial charge in [-0.3, -0.25) is 15.1 Å².